The van der Waals surface area contributed by atoms with E-state index < -0.39 is 0 Å². The van der Waals surface area contributed by atoms with Gasteiger partial charge in [-0.25, -0.2) is 4.98 Å². The summed E-state index contributed by atoms with van der Waals surface area (Å²) >= 11 is 0. The van der Waals surface area contributed by atoms with E-state index in [1.807, 2.05) is 36.4 Å². The summed E-state index contributed by atoms with van der Waals surface area (Å²) in [7, 11) is 1.66. The van der Waals surface area contributed by atoms with Gasteiger partial charge in [0.05, 0.1) is 7.11 Å². The summed E-state index contributed by atoms with van der Waals surface area (Å²) in [6.45, 7) is 1.50. The fraction of sp³-hybridized carbons (Fsp3) is 0.200. The molecule has 0 spiro atoms. The molecule has 5 nitrogen and oxygen atoms in total. The zero-order valence-electron chi connectivity index (χ0n) is 14.3. The van der Waals surface area contributed by atoms with Crippen molar-refractivity contribution in [2.75, 3.05) is 24.3 Å². The molecule has 25 heavy (non-hydrogen) atoms. The first kappa shape index (κ1) is 16.8. The van der Waals surface area contributed by atoms with Crippen molar-refractivity contribution in [3.05, 3.63) is 78.0 Å². The number of ether oxygens (including phenoxy) is 1. The highest BCUT2D eigenvalue weighted by Crippen LogP contribution is 2.13. The van der Waals surface area contributed by atoms with E-state index in [-0.39, 0.29) is 0 Å². The SMILES string of the molecule is COc1ccc(CNc2nccc(NCCc3ccccc3)n2)cc1. The molecule has 2 N–H and O–H groups in total. The van der Waals surface area contributed by atoms with Crippen molar-refractivity contribution in [3.63, 3.8) is 0 Å². The molecule has 1 aromatic heterocycles. The maximum Gasteiger partial charge on any atom is 0.224 e. The molecule has 1 heterocycles. The van der Waals surface area contributed by atoms with Crippen LogP contribution in [-0.4, -0.2) is 23.6 Å². The lowest BCUT2D eigenvalue weighted by Gasteiger charge is -2.09. The normalized spacial score (nSPS) is 10.3. The molecule has 2 aromatic carbocycles. The summed E-state index contributed by atoms with van der Waals surface area (Å²) in [4.78, 5) is 8.76. The quantitative estimate of drug-likeness (QED) is 0.657. The molecule has 128 valence electrons. The van der Waals surface area contributed by atoms with Crippen LogP contribution in [0.25, 0.3) is 0 Å². The van der Waals surface area contributed by atoms with Crippen LogP contribution in [-0.2, 0) is 13.0 Å². The van der Waals surface area contributed by atoms with Gasteiger partial charge in [0, 0.05) is 19.3 Å². The van der Waals surface area contributed by atoms with Gasteiger partial charge in [0.2, 0.25) is 5.95 Å². The van der Waals surface area contributed by atoms with E-state index in [0.29, 0.717) is 12.5 Å². The lowest BCUT2D eigenvalue weighted by atomic mass is 10.1. The molecule has 0 aliphatic carbocycles. The third-order valence-corrected chi connectivity index (χ3v) is 3.83. The van der Waals surface area contributed by atoms with Crippen LogP contribution in [0.4, 0.5) is 11.8 Å². The molecule has 0 atom stereocenters. The molecule has 0 aliphatic rings. The maximum absolute atomic E-state index is 5.16. The Morgan fingerprint density at radius 2 is 1.68 bits per heavy atom. The van der Waals surface area contributed by atoms with Gasteiger partial charge in [-0.2, -0.15) is 4.98 Å². The molecule has 0 unspecified atom stereocenters. The average Bonchev–Trinajstić information content (AvgIpc) is 2.68. The van der Waals surface area contributed by atoms with E-state index in [9.17, 15) is 0 Å². The van der Waals surface area contributed by atoms with Crippen LogP contribution in [0, 0.1) is 0 Å². The molecule has 0 bridgehead atoms. The molecule has 0 aliphatic heterocycles. The highest BCUT2D eigenvalue weighted by Gasteiger charge is 2.00. The van der Waals surface area contributed by atoms with Crippen LogP contribution in [0.1, 0.15) is 11.1 Å². The van der Waals surface area contributed by atoms with E-state index in [1.54, 1.807) is 13.3 Å². The predicted molar refractivity (Wildman–Crippen MR) is 101 cm³/mol. The van der Waals surface area contributed by atoms with Crippen molar-refractivity contribution in [3.8, 4) is 5.75 Å². The molecule has 0 saturated carbocycles. The van der Waals surface area contributed by atoms with Crippen molar-refractivity contribution in [2.24, 2.45) is 0 Å². The van der Waals surface area contributed by atoms with Crippen molar-refractivity contribution in [1.82, 2.24) is 9.97 Å². The summed E-state index contributed by atoms with van der Waals surface area (Å²) in [6, 6.07) is 20.2. The molecule has 0 amide bonds. The number of aromatic nitrogens is 2. The summed E-state index contributed by atoms with van der Waals surface area (Å²) < 4.78 is 5.16. The van der Waals surface area contributed by atoms with Crippen LogP contribution in [0.15, 0.2) is 66.9 Å². The molecule has 0 radical (unpaired) electrons. The molecular weight excluding hydrogens is 312 g/mol. The summed E-state index contributed by atoms with van der Waals surface area (Å²) in [5.41, 5.74) is 2.45. The van der Waals surface area contributed by atoms with Gasteiger partial charge in [-0.1, -0.05) is 42.5 Å². The monoisotopic (exact) mass is 334 g/mol. The topological polar surface area (TPSA) is 59.1 Å². The van der Waals surface area contributed by atoms with Crippen molar-refractivity contribution in [2.45, 2.75) is 13.0 Å². The molecule has 0 fully saturated rings. The summed E-state index contributed by atoms with van der Waals surface area (Å²) in [5, 5.41) is 6.58. The minimum Gasteiger partial charge on any atom is -0.497 e. The zero-order chi connectivity index (χ0) is 17.3. The first-order valence-corrected chi connectivity index (χ1v) is 8.31. The van der Waals surface area contributed by atoms with Crippen LogP contribution in [0.2, 0.25) is 0 Å². The molecule has 5 heteroatoms. The van der Waals surface area contributed by atoms with E-state index in [2.05, 4.69) is 44.9 Å². The fourth-order valence-electron chi connectivity index (χ4n) is 2.45. The Hall–Kier alpha value is -3.08. The number of rotatable bonds is 8. The maximum atomic E-state index is 5.16. The second-order valence-electron chi connectivity index (χ2n) is 5.63. The van der Waals surface area contributed by atoms with E-state index in [0.717, 1.165) is 30.1 Å². The minimum atomic E-state index is 0.612. The van der Waals surface area contributed by atoms with Gasteiger partial charge < -0.3 is 15.4 Å². The molecule has 3 rings (SSSR count). The van der Waals surface area contributed by atoms with Crippen LogP contribution >= 0.6 is 0 Å². The number of benzene rings is 2. The Morgan fingerprint density at radius 3 is 2.44 bits per heavy atom. The molecular formula is C20H22N4O. The lowest BCUT2D eigenvalue weighted by molar-refractivity contribution is 0.414. The average molecular weight is 334 g/mol. The molecule has 0 saturated heterocycles. The van der Waals surface area contributed by atoms with Crippen molar-refractivity contribution < 1.29 is 4.74 Å². The van der Waals surface area contributed by atoms with E-state index in [1.165, 1.54) is 5.56 Å². The van der Waals surface area contributed by atoms with E-state index in [4.69, 9.17) is 4.74 Å². The van der Waals surface area contributed by atoms with Gasteiger partial charge in [-0.05, 0) is 35.7 Å². The van der Waals surface area contributed by atoms with Gasteiger partial charge in [-0.3, -0.25) is 0 Å². The fourth-order valence-corrected chi connectivity index (χ4v) is 2.45. The highest BCUT2D eigenvalue weighted by molar-refractivity contribution is 5.40. The number of hydrogen-bond acceptors (Lipinski definition) is 5. The minimum absolute atomic E-state index is 0.612. The van der Waals surface area contributed by atoms with Gasteiger partial charge in [-0.15, -0.1) is 0 Å². The van der Waals surface area contributed by atoms with Crippen LogP contribution in [0.3, 0.4) is 0 Å². The smallest absolute Gasteiger partial charge is 0.224 e. The Kier molecular flexibility index (Phi) is 5.82. The van der Waals surface area contributed by atoms with Crippen molar-refractivity contribution in [1.29, 1.82) is 0 Å². The van der Waals surface area contributed by atoms with E-state index >= 15 is 0 Å². The summed E-state index contributed by atoms with van der Waals surface area (Å²) in [6.07, 6.45) is 2.72. The Bertz CT molecular complexity index is 775. The second-order valence-corrected chi connectivity index (χ2v) is 5.63. The van der Waals surface area contributed by atoms with Gasteiger partial charge in [0.25, 0.3) is 0 Å². The first-order chi connectivity index (χ1) is 12.3. The number of nitrogens with zero attached hydrogens (tertiary/aromatic N) is 2. The van der Waals surface area contributed by atoms with Crippen LogP contribution in [0.5, 0.6) is 5.75 Å². The number of nitrogens with one attached hydrogen (secondary N) is 2. The second kappa shape index (κ2) is 8.68. The van der Waals surface area contributed by atoms with Gasteiger partial charge >= 0.3 is 0 Å². The predicted octanol–water partition coefficient (Wildman–Crippen LogP) is 3.75. The Labute approximate surface area is 148 Å². The lowest BCUT2D eigenvalue weighted by Crippen LogP contribution is -2.09. The first-order valence-electron chi connectivity index (χ1n) is 8.31. The van der Waals surface area contributed by atoms with Crippen molar-refractivity contribution >= 4 is 11.8 Å². The standard InChI is InChI=1S/C20H22N4O/c1-25-18-9-7-17(8-10-18)15-23-20-22-14-12-19(24-20)21-13-11-16-5-3-2-4-6-16/h2-10,12,14H,11,13,15H2,1H3,(H2,21,22,23,24). The third-order valence-electron chi connectivity index (χ3n) is 3.83. The highest BCUT2D eigenvalue weighted by atomic mass is 16.5. The summed E-state index contributed by atoms with van der Waals surface area (Å²) in [5.74, 6) is 2.29. The molecule has 3 aromatic rings. The largest absolute Gasteiger partial charge is 0.497 e. The number of anilines is 2. The number of hydrogen-bond donors (Lipinski definition) is 2. The number of methoxy groups -OCH3 is 1. The van der Waals surface area contributed by atoms with Gasteiger partial charge in [0.1, 0.15) is 11.6 Å². The van der Waals surface area contributed by atoms with Gasteiger partial charge in [0.15, 0.2) is 0 Å². The van der Waals surface area contributed by atoms with Crippen LogP contribution < -0.4 is 15.4 Å². The Balaban J connectivity index is 1.50. The zero-order valence-corrected chi connectivity index (χ0v) is 14.3. The Morgan fingerprint density at radius 1 is 0.880 bits per heavy atom. The third kappa shape index (κ3) is 5.21.